The fraction of sp³-hybridized carbons (Fsp3) is 0.471. The van der Waals surface area contributed by atoms with Gasteiger partial charge in [-0.25, -0.2) is 0 Å². The maximum atomic E-state index is 11.9. The standard InChI is InChI=1S/C17H21NO/c1-11-7-12(2)17-14(10-18(3)15(17)8-11)9-13-5-4-6-16(13)19/h7-8,10,13H,4-6,9H2,1-3H3. The number of benzene rings is 1. The van der Waals surface area contributed by atoms with Crippen molar-refractivity contribution in [2.45, 2.75) is 39.5 Å². The molecule has 1 atom stereocenters. The smallest absolute Gasteiger partial charge is 0.136 e. The van der Waals surface area contributed by atoms with Gasteiger partial charge in [0.15, 0.2) is 0 Å². The largest absolute Gasteiger partial charge is 0.350 e. The Morgan fingerprint density at radius 2 is 2.11 bits per heavy atom. The van der Waals surface area contributed by atoms with E-state index in [0.29, 0.717) is 5.78 Å². The molecule has 1 aliphatic rings. The van der Waals surface area contributed by atoms with Crippen LogP contribution in [0.2, 0.25) is 0 Å². The van der Waals surface area contributed by atoms with Crippen molar-refractivity contribution in [2.75, 3.05) is 0 Å². The van der Waals surface area contributed by atoms with Gasteiger partial charge in [-0.3, -0.25) is 4.79 Å². The predicted molar refractivity (Wildman–Crippen MR) is 78.4 cm³/mol. The van der Waals surface area contributed by atoms with E-state index in [2.05, 4.69) is 43.8 Å². The van der Waals surface area contributed by atoms with Gasteiger partial charge in [0.05, 0.1) is 0 Å². The lowest BCUT2D eigenvalue weighted by molar-refractivity contribution is -0.120. The van der Waals surface area contributed by atoms with Crippen molar-refractivity contribution in [2.24, 2.45) is 13.0 Å². The molecular formula is C17H21NO. The van der Waals surface area contributed by atoms with Gasteiger partial charge in [0.25, 0.3) is 0 Å². The highest BCUT2D eigenvalue weighted by molar-refractivity contribution is 5.89. The van der Waals surface area contributed by atoms with Crippen LogP contribution in [0.4, 0.5) is 0 Å². The highest BCUT2D eigenvalue weighted by Gasteiger charge is 2.25. The molecule has 0 amide bonds. The van der Waals surface area contributed by atoms with Gasteiger partial charge in [0.2, 0.25) is 0 Å². The van der Waals surface area contributed by atoms with E-state index in [-0.39, 0.29) is 5.92 Å². The third kappa shape index (κ3) is 2.09. The summed E-state index contributed by atoms with van der Waals surface area (Å²) >= 11 is 0. The second-order valence-corrected chi connectivity index (χ2v) is 6.00. The van der Waals surface area contributed by atoms with Crippen molar-refractivity contribution in [1.29, 1.82) is 0 Å². The summed E-state index contributed by atoms with van der Waals surface area (Å²) in [5.74, 6) is 0.716. The molecule has 2 nitrogen and oxygen atoms in total. The summed E-state index contributed by atoms with van der Waals surface area (Å²) < 4.78 is 2.20. The first-order valence-electron chi connectivity index (χ1n) is 7.14. The van der Waals surface area contributed by atoms with Crippen LogP contribution >= 0.6 is 0 Å². The zero-order valence-corrected chi connectivity index (χ0v) is 12.0. The average molecular weight is 255 g/mol. The fourth-order valence-corrected chi connectivity index (χ4v) is 3.53. The van der Waals surface area contributed by atoms with Crippen LogP contribution in [0.1, 0.15) is 36.0 Å². The van der Waals surface area contributed by atoms with Crippen molar-refractivity contribution >= 4 is 16.7 Å². The minimum atomic E-state index is 0.256. The second kappa shape index (κ2) is 4.52. The van der Waals surface area contributed by atoms with Crippen LogP contribution in [0, 0.1) is 19.8 Å². The van der Waals surface area contributed by atoms with Crippen molar-refractivity contribution in [3.8, 4) is 0 Å². The summed E-state index contributed by atoms with van der Waals surface area (Å²) in [5, 5.41) is 1.35. The summed E-state index contributed by atoms with van der Waals surface area (Å²) in [6, 6.07) is 4.48. The van der Waals surface area contributed by atoms with Crippen molar-refractivity contribution in [1.82, 2.24) is 4.57 Å². The first kappa shape index (κ1) is 12.5. The van der Waals surface area contributed by atoms with Crippen molar-refractivity contribution in [3.63, 3.8) is 0 Å². The maximum absolute atomic E-state index is 11.9. The van der Waals surface area contributed by atoms with E-state index < -0.39 is 0 Å². The summed E-state index contributed by atoms with van der Waals surface area (Å²) in [7, 11) is 2.10. The minimum absolute atomic E-state index is 0.256. The monoisotopic (exact) mass is 255 g/mol. The SMILES string of the molecule is Cc1cc(C)c2c(CC3CCCC3=O)cn(C)c2c1. The predicted octanol–water partition coefficient (Wildman–Crippen LogP) is 3.71. The van der Waals surface area contributed by atoms with E-state index in [9.17, 15) is 4.79 Å². The number of aromatic nitrogens is 1. The first-order chi connectivity index (χ1) is 9.06. The average Bonchev–Trinajstić information content (AvgIpc) is 2.86. The molecule has 3 rings (SSSR count). The highest BCUT2D eigenvalue weighted by atomic mass is 16.1. The molecule has 2 heteroatoms. The molecule has 0 saturated heterocycles. The summed E-state index contributed by atoms with van der Waals surface area (Å²) in [5.41, 5.74) is 5.26. The van der Waals surface area contributed by atoms with Crippen LogP contribution in [-0.4, -0.2) is 10.4 Å². The number of carbonyl (C=O) groups is 1. The van der Waals surface area contributed by atoms with E-state index in [0.717, 1.165) is 25.7 Å². The fourth-order valence-electron chi connectivity index (χ4n) is 3.53. The number of hydrogen-bond acceptors (Lipinski definition) is 1. The molecule has 0 spiro atoms. The lowest BCUT2D eigenvalue weighted by Gasteiger charge is -2.08. The molecule has 1 aliphatic carbocycles. The number of rotatable bonds is 2. The van der Waals surface area contributed by atoms with Crippen LogP contribution in [-0.2, 0) is 18.3 Å². The second-order valence-electron chi connectivity index (χ2n) is 6.00. The summed E-state index contributed by atoms with van der Waals surface area (Å²) in [6.07, 6.45) is 6.06. The zero-order chi connectivity index (χ0) is 13.6. The number of Topliss-reactive ketones (excluding diaryl/α,β-unsaturated/α-hetero) is 1. The Morgan fingerprint density at radius 3 is 2.79 bits per heavy atom. The third-order valence-electron chi connectivity index (χ3n) is 4.41. The molecule has 19 heavy (non-hydrogen) atoms. The quantitative estimate of drug-likeness (QED) is 0.802. The summed E-state index contributed by atoms with van der Waals surface area (Å²) in [4.78, 5) is 11.9. The van der Waals surface area contributed by atoms with Crippen molar-refractivity contribution in [3.05, 3.63) is 35.0 Å². The van der Waals surface area contributed by atoms with Gasteiger partial charge in [-0.15, -0.1) is 0 Å². The van der Waals surface area contributed by atoms with Gasteiger partial charge in [-0.1, -0.05) is 6.07 Å². The molecule has 2 aromatic rings. The lowest BCUT2D eigenvalue weighted by Crippen LogP contribution is -2.09. The van der Waals surface area contributed by atoms with Gasteiger partial charge < -0.3 is 4.57 Å². The first-order valence-corrected chi connectivity index (χ1v) is 7.14. The van der Waals surface area contributed by atoms with Crippen LogP contribution in [0.3, 0.4) is 0 Å². The van der Waals surface area contributed by atoms with Crippen LogP contribution in [0.5, 0.6) is 0 Å². The molecule has 1 aromatic heterocycles. The maximum Gasteiger partial charge on any atom is 0.136 e. The Balaban J connectivity index is 2.06. The van der Waals surface area contributed by atoms with E-state index >= 15 is 0 Å². The van der Waals surface area contributed by atoms with E-state index in [4.69, 9.17) is 0 Å². The van der Waals surface area contributed by atoms with Crippen molar-refractivity contribution < 1.29 is 4.79 Å². The molecular weight excluding hydrogens is 234 g/mol. The van der Waals surface area contributed by atoms with Crippen LogP contribution < -0.4 is 0 Å². The van der Waals surface area contributed by atoms with Gasteiger partial charge in [0.1, 0.15) is 5.78 Å². The van der Waals surface area contributed by atoms with E-state index in [1.807, 2.05) is 0 Å². The lowest BCUT2D eigenvalue weighted by atomic mass is 9.95. The van der Waals surface area contributed by atoms with Crippen LogP contribution in [0.15, 0.2) is 18.3 Å². The molecule has 1 saturated carbocycles. The zero-order valence-electron chi connectivity index (χ0n) is 12.0. The normalized spacial score (nSPS) is 19.5. The van der Waals surface area contributed by atoms with Gasteiger partial charge in [-0.2, -0.15) is 0 Å². The number of nitrogens with zero attached hydrogens (tertiary/aromatic N) is 1. The third-order valence-corrected chi connectivity index (χ3v) is 4.41. The number of aryl methyl sites for hydroxylation is 3. The molecule has 1 unspecified atom stereocenters. The molecule has 1 heterocycles. The Labute approximate surface area is 114 Å². The number of carbonyl (C=O) groups excluding carboxylic acids is 1. The van der Waals surface area contributed by atoms with Gasteiger partial charge >= 0.3 is 0 Å². The molecule has 100 valence electrons. The van der Waals surface area contributed by atoms with E-state index in [1.54, 1.807) is 0 Å². The molecule has 1 aromatic carbocycles. The van der Waals surface area contributed by atoms with E-state index in [1.165, 1.54) is 27.6 Å². The Morgan fingerprint density at radius 1 is 1.32 bits per heavy atom. The Hall–Kier alpha value is -1.57. The molecule has 0 N–H and O–H groups in total. The molecule has 0 aliphatic heterocycles. The molecule has 0 bridgehead atoms. The van der Waals surface area contributed by atoms with Gasteiger partial charge in [-0.05, 0) is 55.9 Å². The number of ketones is 1. The molecule has 1 fully saturated rings. The molecule has 0 radical (unpaired) electrons. The number of fused-ring (bicyclic) bond motifs is 1. The Kier molecular flexibility index (Phi) is 2.96. The Bertz CT molecular complexity index is 651. The summed E-state index contributed by atoms with van der Waals surface area (Å²) in [6.45, 7) is 4.31. The number of hydrogen-bond donors (Lipinski definition) is 0. The van der Waals surface area contributed by atoms with Crippen LogP contribution in [0.25, 0.3) is 10.9 Å². The minimum Gasteiger partial charge on any atom is -0.350 e. The topological polar surface area (TPSA) is 22.0 Å². The highest BCUT2D eigenvalue weighted by Crippen LogP contribution is 2.31. The van der Waals surface area contributed by atoms with Gasteiger partial charge in [0, 0.05) is 36.5 Å².